The number of carbonyl (C=O) groups is 1. The lowest BCUT2D eigenvalue weighted by Gasteiger charge is -2.10. The van der Waals surface area contributed by atoms with Crippen LogP contribution in [-0.2, 0) is 13.0 Å². The summed E-state index contributed by atoms with van der Waals surface area (Å²) in [7, 11) is 0. The first-order valence-corrected chi connectivity index (χ1v) is 6.03. The lowest BCUT2D eigenvalue weighted by Crippen LogP contribution is -2.20. The van der Waals surface area contributed by atoms with Gasteiger partial charge < -0.3 is 16.2 Å². The molecular formula is C15H16N2O2. The Bertz CT molecular complexity index is 582. The lowest BCUT2D eigenvalue weighted by atomic mass is 9.99. The maximum Gasteiger partial charge on any atom is 0.404 e. The molecule has 0 aromatic heterocycles. The largest absolute Gasteiger partial charge is 0.465 e. The van der Waals surface area contributed by atoms with Crippen molar-refractivity contribution in [2.45, 2.75) is 13.0 Å². The van der Waals surface area contributed by atoms with Gasteiger partial charge in [-0.25, -0.2) is 4.79 Å². The van der Waals surface area contributed by atoms with Crippen LogP contribution in [0.3, 0.4) is 0 Å². The van der Waals surface area contributed by atoms with Crippen LogP contribution in [0.2, 0.25) is 0 Å². The molecule has 0 saturated heterocycles. The van der Waals surface area contributed by atoms with Crippen LogP contribution < -0.4 is 11.1 Å². The molecule has 4 heteroatoms. The quantitative estimate of drug-likeness (QED) is 0.736. The number of benzene rings is 2. The minimum atomic E-state index is -1.02. The van der Waals surface area contributed by atoms with Crippen molar-refractivity contribution < 1.29 is 9.90 Å². The average Bonchev–Trinajstić information content (AvgIpc) is 2.38. The first-order chi connectivity index (χ1) is 9.15. The van der Waals surface area contributed by atoms with Gasteiger partial charge in [0.05, 0.1) is 0 Å². The van der Waals surface area contributed by atoms with Crippen LogP contribution in [0, 0.1) is 0 Å². The summed E-state index contributed by atoms with van der Waals surface area (Å²) in [6.07, 6.45) is -0.276. The molecule has 4 nitrogen and oxygen atoms in total. The van der Waals surface area contributed by atoms with E-state index in [1.54, 1.807) is 0 Å². The van der Waals surface area contributed by atoms with E-state index >= 15 is 0 Å². The summed E-state index contributed by atoms with van der Waals surface area (Å²) < 4.78 is 0. The van der Waals surface area contributed by atoms with E-state index in [1.807, 2.05) is 48.5 Å². The van der Waals surface area contributed by atoms with Crippen molar-refractivity contribution in [3.63, 3.8) is 0 Å². The molecule has 0 aliphatic heterocycles. The second-order valence-corrected chi connectivity index (χ2v) is 4.35. The molecular weight excluding hydrogens is 240 g/mol. The van der Waals surface area contributed by atoms with Crippen LogP contribution in [-0.4, -0.2) is 11.2 Å². The third-order valence-corrected chi connectivity index (χ3v) is 2.89. The van der Waals surface area contributed by atoms with Gasteiger partial charge in [0, 0.05) is 12.2 Å². The predicted molar refractivity (Wildman–Crippen MR) is 75.0 cm³/mol. The Morgan fingerprint density at radius 1 is 1.11 bits per heavy atom. The maximum absolute atomic E-state index is 10.6. The normalized spacial score (nSPS) is 10.1. The first-order valence-electron chi connectivity index (χ1n) is 6.03. The van der Waals surface area contributed by atoms with Gasteiger partial charge >= 0.3 is 6.09 Å². The molecule has 2 rings (SSSR count). The highest BCUT2D eigenvalue weighted by Crippen LogP contribution is 2.16. The van der Waals surface area contributed by atoms with Crippen LogP contribution in [0.1, 0.15) is 16.7 Å². The fraction of sp³-hybridized carbons (Fsp3) is 0.133. The molecule has 0 bridgehead atoms. The van der Waals surface area contributed by atoms with E-state index in [4.69, 9.17) is 10.8 Å². The minimum Gasteiger partial charge on any atom is -0.465 e. The summed E-state index contributed by atoms with van der Waals surface area (Å²) in [6.45, 7) is 0.313. The number of nitrogen functional groups attached to an aromatic ring is 1. The fourth-order valence-electron chi connectivity index (χ4n) is 2.00. The summed E-state index contributed by atoms with van der Waals surface area (Å²) >= 11 is 0. The highest BCUT2D eigenvalue weighted by atomic mass is 16.4. The molecule has 2 aromatic carbocycles. The molecule has 0 fully saturated rings. The third-order valence-electron chi connectivity index (χ3n) is 2.89. The van der Waals surface area contributed by atoms with Crippen LogP contribution in [0.25, 0.3) is 0 Å². The second-order valence-electron chi connectivity index (χ2n) is 4.35. The van der Waals surface area contributed by atoms with Gasteiger partial charge in [-0.3, -0.25) is 0 Å². The van der Waals surface area contributed by atoms with E-state index in [0.717, 1.165) is 28.8 Å². The highest BCUT2D eigenvalue weighted by molar-refractivity contribution is 5.64. The van der Waals surface area contributed by atoms with E-state index in [1.165, 1.54) is 0 Å². The van der Waals surface area contributed by atoms with Gasteiger partial charge in [-0.2, -0.15) is 0 Å². The van der Waals surface area contributed by atoms with E-state index in [-0.39, 0.29) is 0 Å². The van der Waals surface area contributed by atoms with Crippen molar-refractivity contribution in [1.82, 2.24) is 5.32 Å². The summed E-state index contributed by atoms with van der Waals surface area (Å²) in [5.74, 6) is 0. The molecule has 2 aromatic rings. The van der Waals surface area contributed by atoms with Crippen LogP contribution >= 0.6 is 0 Å². The molecule has 98 valence electrons. The Kier molecular flexibility index (Phi) is 4.03. The first kappa shape index (κ1) is 13.0. The number of nitrogens with one attached hydrogen (secondary N) is 1. The molecule has 0 unspecified atom stereocenters. The zero-order chi connectivity index (χ0) is 13.7. The lowest BCUT2D eigenvalue weighted by molar-refractivity contribution is 0.194. The number of rotatable bonds is 4. The van der Waals surface area contributed by atoms with Gasteiger partial charge in [-0.15, -0.1) is 0 Å². The standard InChI is InChI=1S/C15H16N2O2/c16-14-7-3-4-11(9-14)8-12-5-1-2-6-13(12)10-17-15(18)19/h1-7,9,17H,8,10,16H2,(H,18,19). The third kappa shape index (κ3) is 3.74. The topological polar surface area (TPSA) is 75.3 Å². The molecule has 19 heavy (non-hydrogen) atoms. The molecule has 0 aliphatic rings. The van der Waals surface area contributed by atoms with E-state index in [2.05, 4.69) is 5.32 Å². The van der Waals surface area contributed by atoms with Crippen molar-refractivity contribution in [2.75, 3.05) is 5.73 Å². The molecule has 0 aliphatic carbocycles. The number of hydrogen-bond donors (Lipinski definition) is 3. The van der Waals surface area contributed by atoms with Crippen LogP contribution in [0.5, 0.6) is 0 Å². The fourth-order valence-corrected chi connectivity index (χ4v) is 2.00. The molecule has 0 heterocycles. The van der Waals surface area contributed by atoms with E-state index in [0.29, 0.717) is 6.54 Å². The van der Waals surface area contributed by atoms with E-state index < -0.39 is 6.09 Å². The van der Waals surface area contributed by atoms with E-state index in [9.17, 15) is 4.79 Å². The molecule has 0 saturated carbocycles. The molecule has 0 radical (unpaired) electrons. The van der Waals surface area contributed by atoms with Crippen LogP contribution in [0.4, 0.5) is 10.5 Å². The summed E-state index contributed by atoms with van der Waals surface area (Å²) in [6, 6.07) is 15.5. The second kappa shape index (κ2) is 5.91. The SMILES string of the molecule is Nc1cccc(Cc2ccccc2CNC(=O)O)c1. The predicted octanol–water partition coefficient (Wildman–Crippen LogP) is 2.63. The highest BCUT2D eigenvalue weighted by Gasteiger charge is 2.04. The number of anilines is 1. The number of nitrogens with two attached hydrogens (primary N) is 1. The Morgan fingerprint density at radius 2 is 1.84 bits per heavy atom. The molecule has 0 atom stereocenters. The molecule has 4 N–H and O–H groups in total. The van der Waals surface area contributed by atoms with Crippen molar-refractivity contribution in [1.29, 1.82) is 0 Å². The maximum atomic E-state index is 10.6. The minimum absolute atomic E-state index is 0.313. The monoisotopic (exact) mass is 256 g/mol. The van der Waals surface area contributed by atoms with Gasteiger partial charge in [-0.1, -0.05) is 36.4 Å². The number of carboxylic acid groups (broad SMARTS) is 1. The molecule has 0 spiro atoms. The van der Waals surface area contributed by atoms with Gasteiger partial charge in [0.2, 0.25) is 0 Å². The Hall–Kier alpha value is -2.49. The number of hydrogen-bond acceptors (Lipinski definition) is 2. The van der Waals surface area contributed by atoms with Crippen molar-refractivity contribution in [3.05, 3.63) is 65.2 Å². The zero-order valence-corrected chi connectivity index (χ0v) is 10.5. The summed E-state index contributed by atoms with van der Waals surface area (Å²) in [5.41, 5.74) is 9.69. The van der Waals surface area contributed by atoms with Gasteiger partial charge in [0.1, 0.15) is 0 Å². The molecule has 1 amide bonds. The van der Waals surface area contributed by atoms with Gasteiger partial charge in [-0.05, 0) is 35.2 Å². The summed E-state index contributed by atoms with van der Waals surface area (Å²) in [4.78, 5) is 10.6. The van der Waals surface area contributed by atoms with Crippen molar-refractivity contribution in [2.24, 2.45) is 0 Å². The van der Waals surface area contributed by atoms with Crippen molar-refractivity contribution >= 4 is 11.8 Å². The number of amides is 1. The Morgan fingerprint density at radius 3 is 2.53 bits per heavy atom. The average molecular weight is 256 g/mol. The smallest absolute Gasteiger partial charge is 0.404 e. The van der Waals surface area contributed by atoms with Gasteiger partial charge in [0.15, 0.2) is 0 Å². The zero-order valence-electron chi connectivity index (χ0n) is 10.5. The van der Waals surface area contributed by atoms with Crippen molar-refractivity contribution in [3.8, 4) is 0 Å². The Balaban J connectivity index is 2.17. The summed E-state index contributed by atoms with van der Waals surface area (Å²) in [5, 5.41) is 11.1. The Labute approximate surface area is 111 Å². The van der Waals surface area contributed by atoms with Gasteiger partial charge in [0.25, 0.3) is 0 Å². The van der Waals surface area contributed by atoms with Crippen LogP contribution in [0.15, 0.2) is 48.5 Å².